The summed E-state index contributed by atoms with van der Waals surface area (Å²) in [6.07, 6.45) is 0. The molecule has 2 nitrogen and oxygen atoms in total. The fourth-order valence-corrected chi connectivity index (χ4v) is 7.39. The van der Waals surface area contributed by atoms with E-state index < -0.39 is 0 Å². The molecule has 1 aliphatic rings. The molecule has 0 spiro atoms. The van der Waals surface area contributed by atoms with E-state index in [0.717, 1.165) is 33.8 Å². The number of nitrogens with zero attached hydrogens (tertiary/aromatic N) is 2. The van der Waals surface area contributed by atoms with Crippen LogP contribution < -0.4 is 4.90 Å². The SMILES string of the molecule is CC1(C)c2ccccc2-c2cc(-c3cccc(N(c4ccc(-c5ccccc5)cc4)c4ccccc4C#N)c3)cc(-c3ccccc3)c21. The lowest BCUT2D eigenvalue weighted by atomic mass is 9.78. The van der Waals surface area contributed by atoms with Gasteiger partial charge in [-0.15, -0.1) is 0 Å². The van der Waals surface area contributed by atoms with Gasteiger partial charge < -0.3 is 4.90 Å². The number of para-hydroxylation sites is 1. The molecule has 0 bridgehead atoms. The zero-order chi connectivity index (χ0) is 32.7. The van der Waals surface area contributed by atoms with Gasteiger partial charge in [-0.1, -0.05) is 135 Å². The van der Waals surface area contributed by atoms with Crippen molar-refractivity contribution in [2.45, 2.75) is 19.3 Å². The third-order valence-electron chi connectivity index (χ3n) is 9.67. The Bertz CT molecular complexity index is 2310. The summed E-state index contributed by atoms with van der Waals surface area (Å²) in [6, 6.07) is 62.3. The van der Waals surface area contributed by atoms with Crippen molar-refractivity contribution < 1.29 is 0 Å². The fourth-order valence-electron chi connectivity index (χ4n) is 7.39. The average Bonchev–Trinajstić information content (AvgIpc) is 3.39. The van der Waals surface area contributed by atoms with Gasteiger partial charge in [-0.25, -0.2) is 0 Å². The molecule has 0 atom stereocenters. The molecule has 2 heteroatoms. The van der Waals surface area contributed by atoms with Crippen LogP contribution in [-0.4, -0.2) is 0 Å². The Labute approximate surface area is 282 Å². The Balaban J connectivity index is 1.30. The van der Waals surface area contributed by atoms with Crippen molar-refractivity contribution in [3.05, 3.63) is 187 Å². The summed E-state index contributed by atoms with van der Waals surface area (Å²) >= 11 is 0. The van der Waals surface area contributed by atoms with Crippen molar-refractivity contribution in [3.8, 4) is 50.6 Å². The van der Waals surface area contributed by atoms with Crippen LogP contribution >= 0.6 is 0 Å². The molecule has 0 fully saturated rings. The minimum absolute atomic E-state index is 0.124. The minimum Gasteiger partial charge on any atom is -0.309 e. The van der Waals surface area contributed by atoms with E-state index in [0.29, 0.717) is 5.56 Å². The van der Waals surface area contributed by atoms with Gasteiger partial charge in [-0.05, 0) is 104 Å². The third kappa shape index (κ3) is 4.98. The van der Waals surface area contributed by atoms with Crippen molar-refractivity contribution in [2.75, 3.05) is 4.90 Å². The molecule has 0 heterocycles. The number of rotatable bonds is 6. The number of fused-ring (bicyclic) bond motifs is 3. The number of anilines is 3. The molecule has 0 aromatic heterocycles. The van der Waals surface area contributed by atoms with E-state index in [-0.39, 0.29) is 5.41 Å². The number of hydrogen-bond donors (Lipinski definition) is 0. The summed E-state index contributed by atoms with van der Waals surface area (Å²) in [6.45, 7) is 4.69. The Hall–Kier alpha value is -6.17. The summed E-state index contributed by atoms with van der Waals surface area (Å²) in [7, 11) is 0. The van der Waals surface area contributed by atoms with Crippen LogP contribution in [0, 0.1) is 11.3 Å². The minimum atomic E-state index is -0.124. The van der Waals surface area contributed by atoms with Crippen LogP contribution in [0.3, 0.4) is 0 Å². The molecule has 0 aliphatic heterocycles. The summed E-state index contributed by atoms with van der Waals surface area (Å²) in [5.41, 5.74) is 15.7. The predicted molar refractivity (Wildman–Crippen MR) is 200 cm³/mol. The van der Waals surface area contributed by atoms with Gasteiger partial charge in [-0.3, -0.25) is 0 Å². The van der Waals surface area contributed by atoms with Crippen molar-refractivity contribution in [1.82, 2.24) is 0 Å². The summed E-state index contributed by atoms with van der Waals surface area (Å²) in [5, 5.41) is 10.2. The third-order valence-corrected chi connectivity index (χ3v) is 9.67. The van der Waals surface area contributed by atoms with Gasteiger partial charge in [-0.2, -0.15) is 5.26 Å². The maximum atomic E-state index is 10.2. The highest BCUT2D eigenvalue weighted by Gasteiger charge is 2.37. The Morgan fingerprint density at radius 1 is 0.458 bits per heavy atom. The Morgan fingerprint density at radius 3 is 1.81 bits per heavy atom. The van der Waals surface area contributed by atoms with E-state index in [2.05, 4.69) is 164 Å². The van der Waals surface area contributed by atoms with Crippen LogP contribution in [0.25, 0.3) is 44.5 Å². The van der Waals surface area contributed by atoms with Crippen LogP contribution in [0.15, 0.2) is 170 Å². The summed E-state index contributed by atoms with van der Waals surface area (Å²) < 4.78 is 0. The summed E-state index contributed by atoms with van der Waals surface area (Å²) in [4.78, 5) is 2.20. The van der Waals surface area contributed by atoms with E-state index in [9.17, 15) is 5.26 Å². The topological polar surface area (TPSA) is 27.0 Å². The van der Waals surface area contributed by atoms with Crippen molar-refractivity contribution in [3.63, 3.8) is 0 Å². The maximum Gasteiger partial charge on any atom is 0.101 e. The fraction of sp³-hybridized carbons (Fsp3) is 0.0652. The monoisotopic (exact) mass is 614 g/mol. The smallest absolute Gasteiger partial charge is 0.101 e. The highest BCUT2D eigenvalue weighted by molar-refractivity contribution is 5.93. The molecule has 0 saturated heterocycles. The van der Waals surface area contributed by atoms with E-state index in [1.54, 1.807) is 0 Å². The van der Waals surface area contributed by atoms with Gasteiger partial charge >= 0.3 is 0 Å². The van der Waals surface area contributed by atoms with Crippen molar-refractivity contribution >= 4 is 17.1 Å². The maximum absolute atomic E-state index is 10.2. The van der Waals surface area contributed by atoms with Crippen LogP contribution in [0.2, 0.25) is 0 Å². The van der Waals surface area contributed by atoms with Crippen LogP contribution in [0.4, 0.5) is 17.1 Å². The second kappa shape index (κ2) is 11.9. The van der Waals surface area contributed by atoms with E-state index in [4.69, 9.17) is 0 Å². The lowest BCUT2D eigenvalue weighted by molar-refractivity contribution is 0.662. The molecule has 228 valence electrons. The molecule has 0 N–H and O–H groups in total. The normalized spacial score (nSPS) is 12.5. The second-order valence-electron chi connectivity index (χ2n) is 12.9. The van der Waals surface area contributed by atoms with Crippen LogP contribution in [0.1, 0.15) is 30.5 Å². The predicted octanol–water partition coefficient (Wildman–Crippen LogP) is 12.3. The standard InChI is InChI=1S/C46H34N2/c1-46(2)43-22-11-10-21-40(43)42-30-37(29-41(45(42)46)34-16-7-4-8-17-34)35-19-13-20-39(28-35)48(44-23-12-9-18-36(44)31-47)38-26-24-33(25-27-38)32-14-5-3-6-15-32/h3-30H,1-2H3. The highest BCUT2D eigenvalue weighted by atomic mass is 15.1. The van der Waals surface area contributed by atoms with Crippen LogP contribution in [-0.2, 0) is 5.41 Å². The molecule has 0 unspecified atom stereocenters. The van der Waals surface area contributed by atoms with Gasteiger partial charge in [0.25, 0.3) is 0 Å². The van der Waals surface area contributed by atoms with Crippen molar-refractivity contribution in [1.29, 1.82) is 5.26 Å². The number of hydrogen-bond acceptors (Lipinski definition) is 2. The molecule has 48 heavy (non-hydrogen) atoms. The van der Waals surface area contributed by atoms with E-state index in [1.165, 1.54) is 38.9 Å². The first-order chi connectivity index (χ1) is 23.5. The quantitative estimate of drug-likeness (QED) is 0.186. The van der Waals surface area contributed by atoms with E-state index >= 15 is 0 Å². The molecular formula is C46H34N2. The molecule has 8 rings (SSSR count). The first-order valence-electron chi connectivity index (χ1n) is 16.4. The van der Waals surface area contributed by atoms with Gasteiger partial charge in [0, 0.05) is 16.8 Å². The second-order valence-corrected chi connectivity index (χ2v) is 12.9. The van der Waals surface area contributed by atoms with Crippen molar-refractivity contribution in [2.24, 2.45) is 0 Å². The lowest BCUT2D eigenvalue weighted by Gasteiger charge is -2.27. The zero-order valence-corrected chi connectivity index (χ0v) is 27.1. The molecule has 1 aliphatic carbocycles. The molecule has 0 amide bonds. The average molecular weight is 615 g/mol. The number of benzene rings is 7. The number of nitriles is 1. The van der Waals surface area contributed by atoms with Gasteiger partial charge in [0.15, 0.2) is 0 Å². The van der Waals surface area contributed by atoms with Gasteiger partial charge in [0.1, 0.15) is 6.07 Å². The highest BCUT2D eigenvalue weighted by Crippen LogP contribution is 2.53. The van der Waals surface area contributed by atoms with E-state index in [1.807, 2.05) is 30.3 Å². The zero-order valence-electron chi connectivity index (χ0n) is 27.1. The molecule has 0 saturated carbocycles. The molecule has 7 aromatic carbocycles. The first-order valence-corrected chi connectivity index (χ1v) is 16.4. The first kappa shape index (κ1) is 29.2. The Kier molecular flexibility index (Phi) is 7.24. The molecular weight excluding hydrogens is 581 g/mol. The van der Waals surface area contributed by atoms with Gasteiger partial charge in [0.2, 0.25) is 0 Å². The van der Waals surface area contributed by atoms with Crippen LogP contribution in [0.5, 0.6) is 0 Å². The summed E-state index contributed by atoms with van der Waals surface area (Å²) in [5.74, 6) is 0. The lowest BCUT2D eigenvalue weighted by Crippen LogP contribution is -2.16. The van der Waals surface area contributed by atoms with Gasteiger partial charge in [0.05, 0.1) is 11.3 Å². The Morgan fingerprint density at radius 2 is 1.06 bits per heavy atom. The molecule has 0 radical (unpaired) electrons. The largest absolute Gasteiger partial charge is 0.309 e. The molecule has 7 aromatic rings.